The summed E-state index contributed by atoms with van der Waals surface area (Å²) < 4.78 is 0. The van der Waals surface area contributed by atoms with Crippen LogP contribution in [0.4, 0.5) is 0 Å². The zero-order valence-electron chi connectivity index (χ0n) is 14.1. The molecule has 3 N–H and O–H groups in total. The third-order valence-electron chi connectivity index (χ3n) is 4.22. The van der Waals surface area contributed by atoms with Crippen molar-refractivity contribution in [3.8, 4) is 0 Å². The molecule has 0 saturated carbocycles. The summed E-state index contributed by atoms with van der Waals surface area (Å²) in [6.45, 7) is 5.47. The molecule has 0 fully saturated rings. The summed E-state index contributed by atoms with van der Waals surface area (Å²) in [5, 5.41) is 16.2. The van der Waals surface area contributed by atoms with Crippen LogP contribution in [0.25, 0.3) is 0 Å². The van der Waals surface area contributed by atoms with Crippen LogP contribution in [0.5, 0.6) is 0 Å². The molecule has 0 bridgehead atoms. The Morgan fingerprint density at radius 2 is 1.91 bits per heavy atom. The van der Waals surface area contributed by atoms with Gasteiger partial charge in [-0.2, -0.15) is 0 Å². The van der Waals surface area contributed by atoms with Crippen LogP contribution in [-0.2, 0) is 21.6 Å². The lowest BCUT2D eigenvalue weighted by Gasteiger charge is -2.34. The number of amides is 2. The summed E-state index contributed by atoms with van der Waals surface area (Å²) in [5.41, 5.74) is 0.473. The van der Waals surface area contributed by atoms with Gasteiger partial charge in [-0.05, 0) is 30.4 Å². The van der Waals surface area contributed by atoms with E-state index < -0.39 is 11.0 Å². The van der Waals surface area contributed by atoms with Gasteiger partial charge in [0.05, 0.1) is 13.1 Å². The molecule has 0 radical (unpaired) electrons. The van der Waals surface area contributed by atoms with Gasteiger partial charge in [0.1, 0.15) is 5.60 Å². The van der Waals surface area contributed by atoms with Gasteiger partial charge in [-0.15, -0.1) is 0 Å². The van der Waals surface area contributed by atoms with Gasteiger partial charge in [0, 0.05) is 5.41 Å². The summed E-state index contributed by atoms with van der Waals surface area (Å²) in [6, 6.07) is 7.80. The number of benzene rings is 1. The molecule has 0 aliphatic heterocycles. The zero-order chi connectivity index (χ0) is 17.1. The second kappa shape index (κ2) is 6.71. The van der Waals surface area contributed by atoms with Crippen molar-refractivity contribution in [3.05, 3.63) is 35.4 Å². The topological polar surface area (TPSA) is 78.4 Å². The number of nitrogens with one attached hydrogen (secondary N) is 2. The van der Waals surface area contributed by atoms with Crippen molar-refractivity contribution in [2.24, 2.45) is 5.41 Å². The van der Waals surface area contributed by atoms with E-state index in [2.05, 4.69) is 10.6 Å². The number of rotatable bonds is 4. The van der Waals surface area contributed by atoms with Gasteiger partial charge in [0.25, 0.3) is 0 Å². The van der Waals surface area contributed by atoms with Crippen molar-refractivity contribution < 1.29 is 14.7 Å². The van der Waals surface area contributed by atoms with Crippen LogP contribution in [-0.4, -0.2) is 30.0 Å². The zero-order valence-corrected chi connectivity index (χ0v) is 14.1. The highest BCUT2D eigenvalue weighted by molar-refractivity contribution is 5.87. The molecule has 0 saturated heterocycles. The summed E-state index contributed by atoms with van der Waals surface area (Å²) in [7, 11) is 0. The number of aliphatic hydroxyl groups is 1. The minimum absolute atomic E-state index is 0.0756. The number of aryl methyl sites for hydroxylation is 1. The first-order valence-corrected chi connectivity index (χ1v) is 8.08. The third kappa shape index (κ3) is 4.32. The molecule has 126 valence electrons. The normalized spacial score (nSPS) is 20.5. The van der Waals surface area contributed by atoms with Gasteiger partial charge in [0.15, 0.2) is 0 Å². The minimum atomic E-state index is -1.03. The van der Waals surface area contributed by atoms with Crippen LogP contribution in [0.3, 0.4) is 0 Å². The molecule has 1 atom stereocenters. The Morgan fingerprint density at radius 3 is 2.61 bits per heavy atom. The molecule has 1 unspecified atom stereocenters. The van der Waals surface area contributed by atoms with Crippen LogP contribution in [0.2, 0.25) is 0 Å². The van der Waals surface area contributed by atoms with Crippen LogP contribution in [0.1, 0.15) is 44.7 Å². The summed E-state index contributed by atoms with van der Waals surface area (Å²) in [5.74, 6) is -0.464. The monoisotopic (exact) mass is 318 g/mol. The Labute approximate surface area is 137 Å². The average molecular weight is 318 g/mol. The van der Waals surface area contributed by atoms with Crippen LogP contribution in [0.15, 0.2) is 24.3 Å². The van der Waals surface area contributed by atoms with Crippen molar-refractivity contribution in [1.29, 1.82) is 0 Å². The van der Waals surface area contributed by atoms with Gasteiger partial charge < -0.3 is 15.7 Å². The van der Waals surface area contributed by atoms with E-state index in [4.69, 9.17) is 0 Å². The van der Waals surface area contributed by atoms with Gasteiger partial charge in [0.2, 0.25) is 11.8 Å². The van der Waals surface area contributed by atoms with E-state index in [9.17, 15) is 14.7 Å². The molecule has 23 heavy (non-hydrogen) atoms. The van der Waals surface area contributed by atoms with Crippen molar-refractivity contribution in [2.45, 2.75) is 45.6 Å². The van der Waals surface area contributed by atoms with E-state index in [-0.39, 0.29) is 24.9 Å². The Morgan fingerprint density at radius 1 is 1.22 bits per heavy atom. The molecule has 1 aromatic carbocycles. The maximum absolute atomic E-state index is 11.9. The van der Waals surface area contributed by atoms with E-state index in [1.165, 1.54) is 0 Å². The Balaban J connectivity index is 1.91. The van der Waals surface area contributed by atoms with Crippen LogP contribution >= 0.6 is 0 Å². The molecule has 1 aliphatic rings. The van der Waals surface area contributed by atoms with Gasteiger partial charge in [-0.1, -0.05) is 45.0 Å². The number of hydrogen-bond donors (Lipinski definition) is 3. The van der Waals surface area contributed by atoms with Crippen molar-refractivity contribution >= 4 is 11.8 Å². The lowest BCUT2D eigenvalue weighted by Crippen LogP contribution is -2.47. The van der Waals surface area contributed by atoms with Gasteiger partial charge in [-0.3, -0.25) is 9.59 Å². The van der Waals surface area contributed by atoms with E-state index in [0.717, 1.165) is 24.0 Å². The Bertz CT molecular complexity index is 592. The quantitative estimate of drug-likeness (QED) is 0.787. The number of fused-ring (bicyclic) bond motifs is 1. The lowest BCUT2D eigenvalue weighted by molar-refractivity contribution is -0.131. The maximum Gasteiger partial charge on any atom is 0.239 e. The summed E-state index contributed by atoms with van der Waals surface area (Å²) in [6.07, 6.45) is 2.47. The standard InChI is InChI=1S/C18H26N2O3/c1-17(2,3)16(22)19-11-15(21)20-12-18(23)10-6-8-13-7-4-5-9-14(13)18/h4-5,7,9,23H,6,8,10-12H2,1-3H3,(H,19,22)(H,20,21). The van der Waals surface area contributed by atoms with Crippen LogP contribution < -0.4 is 10.6 Å². The number of carbonyl (C=O) groups excluding carboxylic acids is 2. The Hall–Kier alpha value is -1.88. The molecular weight excluding hydrogens is 292 g/mol. The van der Waals surface area contributed by atoms with Crippen molar-refractivity contribution in [3.63, 3.8) is 0 Å². The van der Waals surface area contributed by atoms with E-state index >= 15 is 0 Å². The molecule has 2 rings (SSSR count). The van der Waals surface area contributed by atoms with E-state index in [1.54, 1.807) is 20.8 Å². The third-order valence-corrected chi connectivity index (χ3v) is 4.22. The van der Waals surface area contributed by atoms with Gasteiger partial charge >= 0.3 is 0 Å². The van der Waals surface area contributed by atoms with Crippen LogP contribution in [0, 0.1) is 5.41 Å². The van der Waals surface area contributed by atoms with E-state index in [0.29, 0.717) is 6.42 Å². The predicted octanol–water partition coefficient (Wildman–Crippen LogP) is 1.49. The van der Waals surface area contributed by atoms with Crippen molar-refractivity contribution in [2.75, 3.05) is 13.1 Å². The molecule has 5 nitrogen and oxygen atoms in total. The highest BCUT2D eigenvalue weighted by Gasteiger charge is 2.34. The highest BCUT2D eigenvalue weighted by atomic mass is 16.3. The first-order chi connectivity index (χ1) is 10.7. The fraction of sp³-hybridized carbons (Fsp3) is 0.556. The minimum Gasteiger partial charge on any atom is -0.383 e. The summed E-state index contributed by atoms with van der Waals surface area (Å²) >= 11 is 0. The fourth-order valence-corrected chi connectivity index (χ4v) is 2.81. The first-order valence-electron chi connectivity index (χ1n) is 8.08. The summed E-state index contributed by atoms with van der Waals surface area (Å²) in [4.78, 5) is 23.7. The number of hydrogen-bond acceptors (Lipinski definition) is 3. The van der Waals surface area contributed by atoms with Gasteiger partial charge in [-0.25, -0.2) is 0 Å². The molecule has 0 spiro atoms. The lowest BCUT2D eigenvalue weighted by atomic mass is 9.79. The highest BCUT2D eigenvalue weighted by Crippen LogP contribution is 2.34. The first kappa shape index (κ1) is 17.5. The molecule has 0 aromatic heterocycles. The molecule has 1 aliphatic carbocycles. The Kier molecular flexibility index (Phi) is 5.09. The molecule has 1 aromatic rings. The van der Waals surface area contributed by atoms with Crippen molar-refractivity contribution in [1.82, 2.24) is 10.6 Å². The largest absolute Gasteiger partial charge is 0.383 e. The fourth-order valence-electron chi connectivity index (χ4n) is 2.81. The molecule has 0 heterocycles. The molecule has 2 amide bonds. The predicted molar refractivity (Wildman–Crippen MR) is 88.8 cm³/mol. The number of carbonyl (C=O) groups is 2. The maximum atomic E-state index is 11.9. The second-order valence-electron chi connectivity index (χ2n) is 7.25. The smallest absolute Gasteiger partial charge is 0.239 e. The molecular formula is C18H26N2O3. The molecule has 5 heteroatoms. The average Bonchev–Trinajstić information content (AvgIpc) is 2.50. The second-order valence-corrected chi connectivity index (χ2v) is 7.25. The van der Waals surface area contributed by atoms with E-state index in [1.807, 2.05) is 24.3 Å². The SMILES string of the molecule is CC(C)(C)C(=O)NCC(=O)NCC1(O)CCCc2ccccc21.